The van der Waals surface area contributed by atoms with Gasteiger partial charge in [0.25, 0.3) is 0 Å². The highest BCUT2D eigenvalue weighted by molar-refractivity contribution is 9.10. The number of hydrogen-bond donors (Lipinski definition) is 2. The molecule has 0 radical (unpaired) electrons. The van der Waals surface area contributed by atoms with Gasteiger partial charge in [0.1, 0.15) is 0 Å². The minimum absolute atomic E-state index is 0. The lowest BCUT2D eigenvalue weighted by molar-refractivity contribution is -0.117. The fraction of sp³-hybridized carbons (Fsp3) is 0.533. The summed E-state index contributed by atoms with van der Waals surface area (Å²) in [4.78, 5) is 11.9. The van der Waals surface area contributed by atoms with E-state index in [1.165, 1.54) is 0 Å². The van der Waals surface area contributed by atoms with Gasteiger partial charge in [-0.2, -0.15) is 0 Å². The molecular weight excluding hydrogens is 372 g/mol. The molecule has 1 unspecified atom stereocenters. The van der Waals surface area contributed by atoms with Crippen LogP contribution in [0.2, 0.25) is 0 Å². The number of nitrogens with two attached hydrogens (primary N) is 1. The van der Waals surface area contributed by atoms with E-state index in [1.807, 2.05) is 13.0 Å². The number of carbonyl (C=O) groups is 1. The molecule has 1 heterocycles. The summed E-state index contributed by atoms with van der Waals surface area (Å²) < 4.78 is 11.8. The van der Waals surface area contributed by atoms with Crippen molar-refractivity contribution in [2.75, 3.05) is 30.9 Å². The summed E-state index contributed by atoms with van der Waals surface area (Å²) in [6, 6.07) is 3.71. The third kappa shape index (κ3) is 5.76. The Kier molecular flexibility index (Phi) is 8.17. The van der Waals surface area contributed by atoms with Crippen LogP contribution in [0.15, 0.2) is 16.6 Å². The van der Waals surface area contributed by atoms with Crippen molar-refractivity contribution in [2.24, 2.45) is 0 Å². The van der Waals surface area contributed by atoms with Gasteiger partial charge < -0.3 is 20.5 Å². The molecule has 1 aromatic carbocycles. The van der Waals surface area contributed by atoms with Gasteiger partial charge in [0.05, 0.1) is 37.1 Å². The van der Waals surface area contributed by atoms with Crippen molar-refractivity contribution < 1.29 is 14.3 Å². The molecule has 1 aliphatic heterocycles. The van der Waals surface area contributed by atoms with Gasteiger partial charge >= 0.3 is 0 Å². The average Bonchev–Trinajstić information content (AvgIpc) is 2.93. The monoisotopic (exact) mass is 392 g/mol. The zero-order valence-electron chi connectivity index (χ0n) is 12.6. The molecule has 1 aromatic rings. The quantitative estimate of drug-likeness (QED) is 0.574. The van der Waals surface area contributed by atoms with E-state index in [0.717, 1.165) is 29.5 Å². The minimum Gasteiger partial charge on any atom is -0.397 e. The van der Waals surface area contributed by atoms with E-state index in [9.17, 15) is 4.79 Å². The third-order valence-corrected chi connectivity index (χ3v) is 3.88. The summed E-state index contributed by atoms with van der Waals surface area (Å²) in [6.45, 7) is 3.67. The molecular formula is C15H22BrClN2O3. The number of rotatable bonds is 6. The molecule has 3 N–H and O–H groups in total. The minimum atomic E-state index is -0.105. The van der Waals surface area contributed by atoms with Crippen LogP contribution in [0.3, 0.4) is 0 Å². The van der Waals surface area contributed by atoms with Crippen LogP contribution in [0, 0.1) is 6.92 Å². The Morgan fingerprint density at radius 2 is 2.32 bits per heavy atom. The molecule has 1 fully saturated rings. The normalized spacial score (nSPS) is 17.1. The van der Waals surface area contributed by atoms with Crippen LogP contribution in [0.4, 0.5) is 11.4 Å². The summed E-state index contributed by atoms with van der Waals surface area (Å²) in [5.74, 6) is -0.105. The van der Waals surface area contributed by atoms with Gasteiger partial charge in [0.2, 0.25) is 5.91 Å². The summed E-state index contributed by atoms with van der Waals surface area (Å²) in [6.07, 6.45) is 2.63. The van der Waals surface area contributed by atoms with E-state index >= 15 is 0 Å². The maximum atomic E-state index is 11.9. The summed E-state index contributed by atoms with van der Waals surface area (Å²) in [7, 11) is 0. The number of ether oxygens (including phenoxy) is 2. The molecule has 5 nitrogen and oxygen atoms in total. The molecule has 0 bridgehead atoms. The second-order valence-corrected chi connectivity index (χ2v) is 6.11. The van der Waals surface area contributed by atoms with E-state index in [4.69, 9.17) is 15.2 Å². The van der Waals surface area contributed by atoms with Crippen LogP contribution in [0.1, 0.15) is 24.8 Å². The lowest BCUT2D eigenvalue weighted by atomic mass is 10.1. The second-order valence-electron chi connectivity index (χ2n) is 5.19. The number of hydrogen-bond acceptors (Lipinski definition) is 4. The Morgan fingerprint density at radius 1 is 1.55 bits per heavy atom. The molecule has 0 spiro atoms. The number of aryl methyl sites for hydroxylation is 1. The Balaban J connectivity index is 0.00000242. The Morgan fingerprint density at radius 3 is 3.00 bits per heavy atom. The van der Waals surface area contributed by atoms with Gasteiger partial charge in [-0.15, -0.1) is 12.4 Å². The molecule has 124 valence electrons. The molecule has 0 aromatic heterocycles. The van der Waals surface area contributed by atoms with Crippen LogP contribution in [0.5, 0.6) is 0 Å². The molecule has 7 heteroatoms. The summed E-state index contributed by atoms with van der Waals surface area (Å²) in [5.41, 5.74) is 8.10. The van der Waals surface area contributed by atoms with Gasteiger partial charge in [-0.1, -0.05) is 15.9 Å². The van der Waals surface area contributed by atoms with E-state index in [-0.39, 0.29) is 24.4 Å². The van der Waals surface area contributed by atoms with Crippen molar-refractivity contribution >= 4 is 45.6 Å². The number of amides is 1. The molecule has 0 aliphatic carbocycles. The molecule has 1 atom stereocenters. The first-order chi connectivity index (χ1) is 10.1. The number of carbonyl (C=O) groups excluding carboxylic acids is 1. The van der Waals surface area contributed by atoms with Crippen LogP contribution in [-0.4, -0.2) is 31.8 Å². The molecule has 1 aliphatic rings. The van der Waals surface area contributed by atoms with Crippen molar-refractivity contribution in [1.29, 1.82) is 0 Å². The van der Waals surface area contributed by atoms with Crippen LogP contribution < -0.4 is 11.1 Å². The second kappa shape index (κ2) is 9.35. The fourth-order valence-electron chi connectivity index (χ4n) is 2.23. The third-order valence-electron chi connectivity index (χ3n) is 3.43. The first-order valence-electron chi connectivity index (χ1n) is 7.11. The number of halogens is 2. The predicted octanol–water partition coefficient (Wildman–Crippen LogP) is 3.29. The molecule has 1 saturated heterocycles. The van der Waals surface area contributed by atoms with E-state index in [0.29, 0.717) is 31.0 Å². The summed E-state index contributed by atoms with van der Waals surface area (Å²) >= 11 is 3.39. The maximum Gasteiger partial charge on any atom is 0.226 e. The Bertz CT molecular complexity index is 508. The van der Waals surface area contributed by atoms with Gasteiger partial charge in [0, 0.05) is 11.1 Å². The number of nitrogen functional groups attached to an aromatic ring is 1. The smallest absolute Gasteiger partial charge is 0.226 e. The predicted molar refractivity (Wildman–Crippen MR) is 93.6 cm³/mol. The van der Waals surface area contributed by atoms with E-state index in [2.05, 4.69) is 21.2 Å². The summed E-state index contributed by atoms with van der Waals surface area (Å²) in [5, 5.41) is 2.82. The molecule has 2 rings (SSSR count). The molecule has 0 saturated carbocycles. The van der Waals surface area contributed by atoms with E-state index < -0.39 is 0 Å². The Labute approximate surface area is 145 Å². The highest BCUT2D eigenvalue weighted by Crippen LogP contribution is 2.27. The number of anilines is 2. The number of nitrogens with one attached hydrogen (secondary N) is 1. The average molecular weight is 394 g/mol. The first-order valence-corrected chi connectivity index (χ1v) is 7.90. The maximum absolute atomic E-state index is 11.9. The highest BCUT2D eigenvalue weighted by Gasteiger charge is 2.15. The van der Waals surface area contributed by atoms with E-state index in [1.54, 1.807) is 6.07 Å². The largest absolute Gasteiger partial charge is 0.397 e. The zero-order valence-corrected chi connectivity index (χ0v) is 15.0. The highest BCUT2D eigenvalue weighted by atomic mass is 79.9. The van der Waals surface area contributed by atoms with Gasteiger partial charge in [-0.3, -0.25) is 4.79 Å². The Hall–Kier alpha value is -0.820. The lowest BCUT2D eigenvalue weighted by Crippen LogP contribution is -2.19. The van der Waals surface area contributed by atoms with Gasteiger partial charge in [-0.25, -0.2) is 0 Å². The lowest BCUT2D eigenvalue weighted by Gasteiger charge is -2.12. The van der Waals surface area contributed by atoms with Crippen molar-refractivity contribution in [1.82, 2.24) is 0 Å². The van der Waals surface area contributed by atoms with Crippen LogP contribution >= 0.6 is 28.3 Å². The van der Waals surface area contributed by atoms with Gasteiger partial charge in [-0.05, 0) is 37.5 Å². The SMILES string of the molecule is Cc1cc(Br)cc(NC(=O)CCOCC2CCCO2)c1N.Cl. The van der Waals surface area contributed by atoms with Crippen molar-refractivity contribution in [3.63, 3.8) is 0 Å². The van der Waals surface area contributed by atoms with Crippen LogP contribution in [-0.2, 0) is 14.3 Å². The molecule has 22 heavy (non-hydrogen) atoms. The number of benzene rings is 1. The van der Waals surface area contributed by atoms with Crippen molar-refractivity contribution in [3.05, 3.63) is 22.2 Å². The van der Waals surface area contributed by atoms with Gasteiger partial charge in [0.15, 0.2) is 0 Å². The molecule has 1 amide bonds. The van der Waals surface area contributed by atoms with Crippen molar-refractivity contribution in [3.8, 4) is 0 Å². The standard InChI is InChI=1S/C15H21BrN2O3.ClH/c1-10-7-11(16)8-13(15(10)17)18-14(19)4-6-20-9-12-3-2-5-21-12;/h7-8,12H,2-6,9,17H2,1H3,(H,18,19);1H. The van der Waals surface area contributed by atoms with Crippen molar-refractivity contribution in [2.45, 2.75) is 32.3 Å². The topological polar surface area (TPSA) is 73.6 Å². The zero-order chi connectivity index (χ0) is 15.2. The fourth-order valence-corrected chi connectivity index (χ4v) is 2.80. The first kappa shape index (κ1) is 19.2. The van der Waals surface area contributed by atoms with Crippen LogP contribution in [0.25, 0.3) is 0 Å².